The molecule has 2 aliphatic rings. The highest BCUT2D eigenvalue weighted by molar-refractivity contribution is 6.15. The van der Waals surface area contributed by atoms with Gasteiger partial charge in [-0.1, -0.05) is 38.0 Å². The first-order chi connectivity index (χ1) is 12.4. The number of hydrogen-bond acceptors (Lipinski definition) is 3. The summed E-state index contributed by atoms with van der Waals surface area (Å²) in [6.45, 7) is 3.62. The number of urea groups is 1. The van der Waals surface area contributed by atoms with E-state index in [9.17, 15) is 14.4 Å². The zero-order valence-electron chi connectivity index (χ0n) is 15.1. The van der Waals surface area contributed by atoms with Gasteiger partial charge in [0.2, 0.25) is 0 Å². The number of H-pyrrole nitrogens is 1. The van der Waals surface area contributed by atoms with Crippen LogP contribution in [-0.4, -0.2) is 39.7 Å². The van der Waals surface area contributed by atoms with E-state index < -0.39 is 11.6 Å². The third kappa shape index (κ3) is 2.35. The number of Topliss-reactive ketones (excluding diaryl/α,β-unsaturated/α-hetero) is 1. The first-order valence-corrected chi connectivity index (χ1v) is 9.18. The predicted molar refractivity (Wildman–Crippen MR) is 98.0 cm³/mol. The van der Waals surface area contributed by atoms with E-state index in [-0.39, 0.29) is 24.2 Å². The van der Waals surface area contributed by atoms with Crippen LogP contribution in [0.2, 0.25) is 0 Å². The molecular weight excluding hydrogens is 330 g/mol. The Kier molecular flexibility index (Phi) is 3.86. The van der Waals surface area contributed by atoms with Gasteiger partial charge in [0.05, 0.1) is 6.54 Å². The number of para-hydroxylation sites is 1. The highest BCUT2D eigenvalue weighted by Gasteiger charge is 2.55. The van der Waals surface area contributed by atoms with E-state index in [1.165, 1.54) is 0 Å². The average molecular weight is 353 g/mol. The third-order valence-corrected chi connectivity index (χ3v) is 5.98. The molecule has 6 nitrogen and oxygen atoms in total. The Bertz CT molecular complexity index is 916. The molecule has 26 heavy (non-hydrogen) atoms. The molecule has 0 radical (unpaired) electrons. The second-order valence-corrected chi connectivity index (χ2v) is 7.53. The Balaban J connectivity index is 1.62. The van der Waals surface area contributed by atoms with Crippen LogP contribution in [0.3, 0.4) is 0 Å². The molecule has 1 saturated heterocycles. The van der Waals surface area contributed by atoms with Crippen molar-refractivity contribution in [3.8, 4) is 0 Å². The summed E-state index contributed by atoms with van der Waals surface area (Å²) < 4.78 is 0. The van der Waals surface area contributed by atoms with Crippen LogP contribution in [0.25, 0.3) is 10.9 Å². The van der Waals surface area contributed by atoms with Crippen molar-refractivity contribution in [2.45, 2.75) is 45.1 Å². The van der Waals surface area contributed by atoms with E-state index in [0.717, 1.165) is 40.8 Å². The van der Waals surface area contributed by atoms with E-state index in [0.29, 0.717) is 12.0 Å². The smallest absolute Gasteiger partial charge is 0.325 e. The Labute approximate surface area is 151 Å². The van der Waals surface area contributed by atoms with E-state index in [1.807, 2.05) is 38.1 Å². The fourth-order valence-electron chi connectivity index (χ4n) is 4.50. The highest BCUT2D eigenvalue weighted by Crippen LogP contribution is 2.38. The lowest BCUT2D eigenvalue weighted by Gasteiger charge is -2.36. The van der Waals surface area contributed by atoms with Crippen molar-refractivity contribution < 1.29 is 14.4 Å². The number of carbonyl (C=O) groups excluding carboxylic acids is 3. The summed E-state index contributed by atoms with van der Waals surface area (Å²) in [5.74, 6) is -0.382. The summed E-state index contributed by atoms with van der Waals surface area (Å²) in [5.41, 5.74) is 1.36. The highest BCUT2D eigenvalue weighted by atomic mass is 16.2. The van der Waals surface area contributed by atoms with Crippen LogP contribution in [0.5, 0.6) is 0 Å². The SMILES string of the molecule is Cc1[nH]c2ccccc2c1C(=O)CN1C(=O)N[C@]2(CCCC[C@H]2C)C1=O. The van der Waals surface area contributed by atoms with Crippen molar-refractivity contribution in [2.24, 2.45) is 5.92 Å². The monoisotopic (exact) mass is 353 g/mol. The minimum Gasteiger partial charge on any atom is -0.358 e. The lowest BCUT2D eigenvalue weighted by Crippen LogP contribution is -2.54. The molecule has 2 heterocycles. The molecule has 136 valence electrons. The first-order valence-electron chi connectivity index (χ1n) is 9.18. The summed E-state index contributed by atoms with van der Waals surface area (Å²) in [4.78, 5) is 42.8. The Morgan fingerprint density at radius 1 is 1.27 bits per heavy atom. The molecule has 1 aliphatic carbocycles. The maximum atomic E-state index is 13.0. The first kappa shape index (κ1) is 16.8. The number of carbonyl (C=O) groups is 3. The van der Waals surface area contributed by atoms with Gasteiger partial charge in [-0.05, 0) is 31.7 Å². The number of ketones is 1. The number of nitrogens with zero attached hydrogens (tertiary/aromatic N) is 1. The van der Waals surface area contributed by atoms with E-state index in [1.54, 1.807) is 0 Å². The van der Waals surface area contributed by atoms with Crippen LogP contribution in [0.4, 0.5) is 4.79 Å². The Morgan fingerprint density at radius 3 is 2.81 bits per heavy atom. The molecule has 1 aromatic heterocycles. The number of rotatable bonds is 3. The average Bonchev–Trinajstić information content (AvgIpc) is 3.07. The van der Waals surface area contributed by atoms with Crippen LogP contribution >= 0.6 is 0 Å². The number of aryl methyl sites for hydroxylation is 1. The van der Waals surface area contributed by atoms with Gasteiger partial charge in [-0.25, -0.2) is 4.79 Å². The quantitative estimate of drug-likeness (QED) is 0.657. The zero-order chi connectivity index (χ0) is 18.5. The van der Waals surface area contributed by atoms with E-state index in [4.69, 9.17) is 0 Å². The third-order valence-electron chi connectivity index (χ3n) is 5.98. The van der Waals surface area contributed by atoms with Gasteiger partial charge in [0.15, 0.2) is 5.78 Å². The molecule has 2 atom stereocenters. The molecule has 4 rings (SSSR count). The van der Waals surface area contributed by atoms with Crippen LogP contribution in [0, 0.1) is 12.8 Å². The minimum absolute atomic E-state index is 0.0858. The second kappa shape index (κ2) is 5.97. The number of benzene rings is 1. The molecule has 2 aromatic rings. The Hall–Kier alpha value is -2.63. The van der Waals surface area contributed by atoms with Gasteiger partial charge >= 0.3 is 6.03 Å². The molecule has 1 aliphatic heterocycles. The number of amides is 3. The van der Waals surface area contributed by atoms with Crippen LogP contribution in [0.15, 0.2) is 24.3 Å². The zero-order valence-corrected chi connectivity index (χ0v) is 15.1. The van der Waals surface area contributed by atoms with Gasteiger partial charge in [0.1, 0.15) is 5.54 Å². The number of fused-ring (bicyclic) bond motifs is 1. The van der Waals surface area contributed by atoms with Crippen LogP contribution in [0.1, 0.15) is 48.7 Å². The molecule has 2 fully saturated rings. The van der Waals surface area contributed by atoms with Crippen molar-refractivity contribution >= 4 is 28.6 Å². The minimum atomic E-state index is -0.828. The van der Waals surface area contributed by atoms with Gasteiger partial charge in [-0.2, -0.15) is 0 Å². The van der Waals surface area contributed by atoms with E-state index >= 15 is 0 Å². The fourth-order valence-corrected chi connectivity index (χ4v) is 4.50. The molecule has 0 bridgehead atoms. The molecule has 1 aromatic carbocycles. The van der Waals surface area contributed by atoms with Crippen molar-refractivity contribution in [1.29, 1.82) is 0 Å². The van der Waals surface area contributed by atoms with Crippen LogP contribution in [-0.2, 0) is 4.79 Å². The van der Waals surface area contributed by atoms with Crippen molar-refractivity contribution in [3.05, 3.63) is 35.5 Å². The molecule has 3 amide bonds. The summed E-state index contributed by atoms with van der Waals surface area (Å²) in [5, 5.41) is 3.72. The lowest BCUT2D eigenvalue weighted by molar-refractivity contribution is -0.133. The number of aromatic amines is 1. The number of imide groups is 1. The molecule has 2 N–H and O–H groups in total. The van der Waals surface area contributed by atoms with Gasteiger partial charge < -0.3 is 10.3 Å². The summed E-state index contributed by atoms with van der Waals surface area (Å²) in [6.07, 6.45) is 3.55. The topological polar surface area (TPSA) is 82.3 Å². The molecule has 1 saturated carbocycles. The lowest BCUT2D eigenvalue weighted by atomic mass is 9.73. The summed E-state index contributed by atoms with van der Waals surface area (Å²) in [7, 11) is 0. The van der Waals surface area contributed by atoms with Gasteiger partial charge in [-0.3, -0.25) is 14.5 Å². The maximum absolute atomic E-state index is 13.0. The number of nitrogens with one attached hydrogen (secondary N) is 2. The Morgan fingerprint density at radius 2 is 2.04 bits per heavy atom. The molecule has 0 unspecified atom stereocenters. The van der Waals surface area contributed by atoms with Crippen LogP contribution < -0.4 is 5.32 Å². The standard InChI is InChI=1S/C20H23N3O3/c1-12-7-5-6-10-20(12)18(25)23(19(26)22-20)11-16(24)17-13(2)21-15-9-4-3-8-14(15)17/h3-4,8-9,12,21H,5-7,10-11H2,1-2H3,(H,22,26)/t12-,20+/m1/s1. The number of hydrogen-bond donors (Lipinski definition) is 2. The second-order valence-electron chi connectivity index (χ2n) is 7.53. The van der Waals surface area contributed by atoms with Crippen molar-refractivity contribution in [3.63, 3.8) is 0 Å². The normalized spacial score (nSPS) is 25.9. The van der Waals surface area contributed by atoms with Crippen molar-refractivity contribution in [1.82, 2.24) is 15.2 Å². The summed E-state index contributed by atoms with van der Waals surface area (Å²) in [6, 6.07) is 7.11. The molecule has 1 spiro atoms. The number of aromatic nitrogens is 1. The van der Waals surface area contributed by atoms with Gasteiger partial charge in [0, 0.05) is 22.2 Å². The maximum Gasteiger partial charge on any atom is 0.325 e. The summed E-state index contributed by atoms with van der Waals surface area (Å²) >= 11 is 0. The molecule has 6 heteroatoms. The fraction of sp³-hybridized carbons (Fsp3) is 0.450. The van der Waals surface area contributed by atoms with Gasteiger partial charge in [-0.15, -0.1) is 0 Å². The molecular formula is C20H23N3O3. The van der Waals surface area contributed by atoms with Gasteiger partial charge in [0.25, 0.3) is 5.91 Å². The largest absolute Gasteiger partial charge is 0.358 e. The van der Waals surface area contributed by atoms with Crippen molar-refractivity contribution in [2.75, 3.05) is 6.54 Å². The van der Waals surface area contributed by atoms with E-state index in [2.05, 4.69) is 10.3 Å². The predicted octanol–water partition coefficient (Wildman–Crippen LogP) is 3.16.